The minimum absolute atomic E-state index is 0.0922. The molecular formula is C13H18ClFO. The van der Waals surface area contributed by atoms with Crippen LogP contribution in [0.25, 0.3) is 0 Å². The van der Waals surface area contributed by atoms with Crippen LogP contribution in [0.4, 0.5) is 4.39 Å². The van der Waals surface area contributed by atoms with Gasteiger partial charge in [0, 0.05) is 6.61 Å². The first kappa shape index (κ1) is 13.5. The summed E-state index contributed by atoms with van der Waals surface area (Å²) in [6.07, 6.45) is 0.648. The third kappa shape index (κ3) is 2.96. The van der Waals surface area contributed by atoms with Gasteiger partial charge in [0.25, 0.3) is 0 Å². The van der Waals surface area contributed by atoms with Gasteiger partial charge in [-0.3, -0.25) is 0 Å². The van der Waals surface area contributed by atoms with Crippen molar-refractivity contribution in [3.8, 4) is 0 Å². The molecule has 0 saturated heterocycles. The average molecular weight is 245 g/mol. The molecule has 90 valence electrons. The second-order valence-electron chi connectivity index (χ2n) is 4.89. The lowest BCUT2D eigenvalue weighted by Gasteiger charge is -2.31. The van der Waals surface area contributed by atoms with Crippen molar-refractivity contribution < 1.29 is 9.50 Å². The summed E-state index contributed by atoms with van der Waals surface area (Å²) in [6.45, 7) is 6.21. The van der Waals surface area contributed by atoms with E-state index in [1.54, 1.807) is 6.07 Å². The molecule has 1 aromatic carbocycles. The molecule has 0 aliphatic carbocycles. The van der Waals surface area contributed by atoms with Gasteiger partial charge in [0.1, 0.15) is 5.82 Å². The highest BCUT2D eigenvalue weighted by molar-refractivity contribution is 6.30. The number of aliphatic hydroxyl groups is 1. The first-order valence-corrected chi connectivity index (χ1v) is 5.81. The van der Waals surface area contributed by atoms with Crippen LogP contribution >= 0.6 is 11.6 Å². The van der Waals surface area contributed by atoms with E-state index in [0.29, 0.717) is 12.3 Å². The Morgan fingerprint density at radius 1 is 1.44 bits per heavy atom. The zero-order valence-electron chi connectivity index (χ0n) is 9.93. The molecule has 0 aliphatic heterocycles. The van der Waals surface area contributed by atoms with Gasteiger partial charge in [-0.25, -0.2) is 4.39 Å². The predicted molar refractivity (Wildman–Crippen MR) is 65.1 cm³/mol. The fraction of sp³-hybridized carbons (Fsp3) is 0.538. The van der Waals surface area contributed by atoms with Crippen LogP contribution in [0.5, 0.6) is 0 Å². The zero-order chi connectivity index (χ0) is 12.3. The molecule has 0 aromatic heterocycles. The van der Waals surface area contributed by atoms with Crippen molar-refractivity contribution in [2.75, 3.05) is 6.61 Å². The van der Waals surface area contributed by atoms with Crippen LogP contribution < -0.4 is 0 Å². The largest absolute Gasteiger partial charge is 0.396 e. The van der Waals surface area contributed by atoms with Gasteiger partial charge in [-0.15, -0.1) is 0 Å². The van der Waals surface area contributed by atoms with Gasteiger partial charge < -0.3 is 5.11 Å². The first-order valence-electron chi connectivity index (χ1n) is 5.44. The second kappa shape index (κ2) is 5.15. The van der Waals surface area contributed by atoms with Crippen molar-refractivity contribution in [1.82, 2.24) is 0 Å². The monoisotopic (exact) mass is 244 g/mol. The Bertz CT molecular complexity index is 365. The Balaban J connectivity index is 2.90. The maximum absolute atomic E-state index is 13.3. The van der Waals surface area contributed by atoms with Crippen molar-refractivity contribution in [2.45, 2.75) is 27.2 Å². The quantitative estimate of drug-likeness (QED) is 0.857. The average Bonchev–Trinajstić information content (AvgIpc) is 2.23. The van der Waals surface area contributed by atoms with Crippen LogP contribution in [0.1, 0.15) is 26.3 Å². The minimum Gasteiger partial charge on any atom is -0.396 e. The van der Waals surface area contributed by atoms with Crippen LogP contribution in [0.2, 0.25) is 5.02 Å². The number of aliphatic hydroxyl groups excluding tert-OH is 1. The molecule has 16 heavy (non-hydrogen) atoms. The molecule has 0 bridgehead atoms. The molecule has 0 spiro atoms. The van der Waals surface area contributed by atoms with Crippen LogP contribution in [0.3, 0.4) is 0 Å². The van der Waals surface area contributed by atoms with Gasteiger partial charge in [-0.1, -0.05) is 38.4 Å². The normalized spacial score (nSPS) is 15.2. The fourth-order valence-electron chi connectivity index (χ4n) is 1.56. The van der Waals surface area contributed by atoms with Gasteiger partial charge in [-0.2, -0.15) is 0 Å². The number of halogens is 2. The molecule has 3 heteroatoms. The highest BCUT2D eigenvalue weighted by Crippen LogP contribution is 2.31. The Hall–Kier alpha value is -0.600. The molecule has 0 aliphatic rings. The van der Waals surface area contributed by atoms with Crippen LogP contribution in [0.15, 0.2) is 18.2 Å². The Kier molecular flexibility index (Phi) is 4.34. The summed E-state index contributed by atoms with van der Waals surface area (Å²) in [5.74, 6) is -0.0700. The van der Waals surface area contributed by atoms with Crippen LogP contribution in [-0.4, -0.2) is 11.7 Å². The molecule has 0 amide bonds. The smallest absolute Gasteiger partial charge is 0.142 e. The van der Waals surface area contributed by atoms with E-state index in [1.807, 2.05) is 13.0 Å². The third-order valence-electron chi connectivity index (χ3n) is 3.35. The standard InChI is InChI=1S/C13H18ClFO/c1-9(2)13(3,8-16)7-10-4-5-11(14)12(15)6-10/h4-6,9,16H,7-8H2,1-3H3. The van der Waals surface area contributed by atoms with E-state index < -0.39 is 5.82 Å². The molecule has 0 radical (unpaired) electrons. The molecule has 0 heterocycles. The molecule has 0 fully saturated rings. The summed E-state index contributed by atoms with van der Waals surface area (Å²) in [6, 6.07) is 4.81. The molecular weight excluding hydrogens is 227 g/mol. The molecule has 1 aromatic rings. The SMILES string of the molecule is CC(C)C(C)(CO)Cc1ccc(Cl)c(F)c1. The number of hydrogen-bond acceptors (Lipinski definition) is 1. The van der Waals surface area contributed by atoms with E-state index in [1.165, 1.54) is 6.07 Å². The van der Waals surface area contributed by atoms with Crippen molar-refractivity contribution in [2.24, 2.45) is 11.3 Å². The summed E-state index contributed by atoms with van der Waals surface area (Å²) in [7, 11) is 0. The summed E-state index contributed by atoms with van der Waals surface area (Å²) in [5, 5.41) is 9.56. The van der Waals surface area contributed by atoms with Gasteiger partial charge >= 0.3 is 0 Å². The van der Waals surface area contributed by atoms with Crippen molar-refractivity contribution in [3.63, 3.8) is 0 Å². The maximum atomic E-state index is 13.3. The summed E-state index contributed by atoms with van der Waals surface area (Å²) in [4.78, 5) is 0. The Labute approximate surface area is 101 Å². The van der Waals surface area contributed by atoms with Crippen molar-refractivity contribution >= 4 is 11.6 Å². The fourth-order valence-corrected chi connectivity index (χ4v) is 1.68. The first-order chi connectivity index (χ1) is 7.39. The zero-order valence-corrected chi connectivity index (χ0v) is 10.7. The van der Waals surface area contributed by atoms with Crippen LogP contribution in [0, 0.1) is 17.2 Å². The number of benzene rings is 1. The van der Waals surface area contributed by atoms with E-state index in [-0.39, 0.29) is 17.0 Å². The maximum Gasteiger partial charge on any atom is 0.142 e. The van der Waals surface area contributed by atoms with E-state index in [4.69, 9.17) is 11.6 Å². The summed E-state index contributed by atoms with van der Waals surface area (Å²) < 4.78 is 13.3. The highest BCUT2D eigenvalue weighted by atomic mass is 35.5. The lowest BCUT2D eigenvalue weighted by molar-refractivity contribution is 0.0947. The second-order valence-corrected chi connectivity index (χ2v) is 5.30. The molecule has 1 nitrogen and oxygen atoms in total. The minimum atomic E-state index is -0.400. The Morgan fingerprint density at radius 3 is 2.50 bits per heavy atom. The lowest BCUT2D eigenvalue weighted by atomic mass is 9.75. The van der Waals surface area contributed by atoms with E-state index in [0.717, 1.165) is 5.56 Å². The number of rotatable bonds is 4. The van der Waals surface area contributed by atoms with Gasteiger partial charge in [0.05, 0.1) is 5.02 Å². The van der Waals surface area contributed by atoms with E-state index in [9.17, 15) is 9.50 Å². The molecule has 1 atom stereocenters. The summed E-state index contributed by atoms with van der Waals surface area (Å²) in [5.41, 5.74) is 0.646. The van der Waals surface area contributed by atoms with Gasteiger partial charge in [0.2, 0.25) is 0 Å². The molecule has 0 saturated carbocycles. The third-order valence-corrected chi connectivity index (χ3v) is 3.65. The van der Waals surface area contributed by atoms with Crippen molar-refractivity contribution in [1.29, 1.82) is 0 Å². The number of hydrogen-bond donors (Lipinski definition) is 1. The van der Waals surface area contributed by atoms with Gasteiger partial charge in [0.15, 0.2) is 0 Å². The highest BCUT2D eigenvalue weighted by Gasteiger charge is 2.27. The summed E-state index contributed by atoms with van der Waals surface area (Å²) >= 11 is 5.62. The lowest BCUT2D eigenvalue weighted by Crippen LogP contribution is -2.30. The molecule has 1 N–H and O–H groups in total. The van der Waals surface area contributed by atoms with E-state index >= 15 is 0 Å². The molecule has 1 rings (SSSR count). The van der Waals surface area contributed by atoms with Crippen molar-refractivity contribution in [3.05, 3.63) is 34.6 Å². The van der Waals surface area contributed by atoms with E-state index in [2.05, 4.69) is 13.8 Å². The predicted octanol–water partition coefficient (Wildman–Crippen LogP) is 3.68. The van der Waals surface area contributed by atoms with Crippen LogP contribution in [-0.2, 0) is 6.42 Å². The topological polar surface area (TPSA) is 20.2 Å². The van der Waals surface area contributed by atoms with Gasteiger partial charge in [-0.05, 0) is 35.4 Å². The molecule has 1 unspecified atom stereocenters. The Morgan fingerprint density at radius 2 is 2.06 bits per heavy atom.